The number of aromatic nitrogens is 2. The number of aromatic hydroxyl groups is 1. The van der Waals surface area contributed by atoms with Gasteiger partial charge >= 0.3 is 6.03 Å². The molecule has 1 aromatic heterocycles. The van der Waals surface area contributed by atoms with Gasteiger partial charge in [0.2, 0.25) is 11.8 Å². The Kier molecular flexibility index (Phi) is 7.51. The second-order valence-corrected chi connectivity index (χ2v) is 9.97. The molecule has 2 saturated heterocycles. The third-order valence-corrected chi connectivity index (χ3v) is 7.30. The highest BCUT2D eigenvalue weighted by Crippen LogP contribution is 2.28. The van der Waals surface area contributed by atoms with Gasteiger partial charge in [0.05, 0.1) is 19.6 Å². The summed E-state index contributed by atoms with van der Waals surface area (Å²) in [7, 11) is 3.57. The molecule has 0 spiro atoms. The Labute approximate surface area is 227 Å². The van der Waals surface area contributed by atoms with E-state index in [0.717, 1.165) is 11.1 Å². The summed E-state index contributed by atoms with van der Waals surface area (Å²) in [4.78, 5) is 48.3. The predicted molar refractivity (Wildman–Crippen MR) is 143 cm³/mol. The van der Waals surface area contributed by atoms with Crippen LogP contribution in [0.3, 0.4) is 0 Å². The zero-order valence-corrected chi connectivity index (χ0v) is 22.1. The Hall–Kier alpha value is -4.38. The van der Waals surface area contributed by atoms with Gasteiger partial charge < -0.3 is 24.8 Å². The normalized spacial score (nSPS) is 19.8. The van der Waals surface area contributed by atoms with Crippen molar-refractivity contribution in [2.45, 2.75) is 31.6 Å². The highest BCUT2D eigenvalue weighted by molar-refractivity contribution is 5.91. The number of imidazole rings is 1. The zero-order chi connectivity index (χ0) is 27.5. The van der Waals surface area contributed by atoms with Crippen LogP contribution in [0.5, 0.6) is 5.75 Å². The molecular formula is C28H33N7O4. The molecule has 1 unspecified atom stereocenters. The first kappa shape index (κ1) is 26.2. The summed E-state index contributed by atoms with van der Waals surface area (Å²) in [6, 6.07) is 15.4. The van der Waals surface area contributed by atoms with E-state index in [-0.39, 0.29) is 49.7 Å². The van der Waals surface area contributed by atoms with Crippen LogP contribution in [0.2, 0.25) is 0 Å². The summed E-state index contributed by atoms with van der Waals surface area (Å²) in [5.74, 6) is 0.404. The molecule has 204 valence electrons. The molecule has 11 heteroatoms. The van der Waals surface area contributed by atoms with Gasteiger partial charge in [0.1, 0.15) is 23.8 Å². The number of amides is 4. The predicted octanol–water partition coefficient (Wildman–Crippen LogP) is 1.35. The summed E-state index contributed by atoms with van der Waals surface area (Å²) in [5, 5.41) is 15.9. The number of urea groups is 1. The van der Waals surface area contributed by atoms with Crippen molar-refractivity contribution in [1.29, 1.82) is 0 Å². The quantitative estimate of drug-likeness (QED) is 0.476. The summed E-state index contributed by atoms with van der Waals surface area (Å²) >= 11 is 0. The first-order chi connectivity index (χ1) is 18.8. The number of fused-ring (bicyclic) bond motifs is 1. The number of aryl methyl sites for hydroxylation is 1. The molecule has 3 aromatic rings. The smallest absolute Gasteiger partial charge is 0.333 e. The molecular weight excluding hydrogens is 498 g/mol. The van der Waals surface area contributed by atoms with Gasteiger partial charge in [-0.2, -0.15) is 0 Å². The first-order valence-corrected chi connectivity index (χ1v) is 13.0. The fraction of sp³-hybridized carbons (Fsp3) is 0.357. The van der Waals surface area contributed by atoms with Gasteiger partial charge in [-0.05, 0) is 29.7 Å². The van der Waals surface area contributed by atoms with Crippen LogP contribution in [0.4, 0.5) is 4.79 Å². The fourth-order valence-electron chi connectivity index (χ4n) is 5.26. The van der Waals surface area contributed by atoms with Crippen LogP contribution in [0.25, 0.3) is 0 Å². The second-order valence-electron chi connectivity index (χ2n) is 9.97. The van der Waals surface area contributed by atoms with E-state index < -0.39 is 12.2 Å². The lowest BCUT2D eigenvalue weighted by molar-refractivity contribution is -0.187. The molecule has 2 aliphatic heterocycles. The van der Waals surface area contributed by atoms with Crippen LogP contribution in [-0.4, -0.2) is 91.2 Å². The van der Waals surface area contributed by atoms with Gasteiger partial charge in [0, 0.05) is 39.5 Å². The molecule has 2 aromatic carbocycles. The molecule has 0 bridgehead atoms. The SMILES string of the molecule is CN1CC(=O)N2C(CN(Cc3nccn3C)C(=O)[C@@H]2Cc2ccc(O)cc2)N1C(=O)NCCc1ccccc1. The van der Waals surface area contributed by atoms with Crippen LogP contribution < -0.4 is 5.32 Å². The van der Waals surface area contributed by atoms with Crippen LogP contribution in [0.15, 0.2) is 67.0 Å². The molecule has 3 heterocycles. The molecule has 5 rings (SSSR count). The van der Waals surface area contributed by atoms with Crippen LogP contribution >= 0.6 is 0 Å². The van der Waals surface area contributed by atoms with Crippen molar-refractivity contribution in [3.63, 3.8) is 0 Å². The van der Waals surface area contributed by atoms with Gasteiger partial charge in [-0.15, -0.1) is 0 Å². The minimum absolute atomic E-state index is 0.0265. The van der Waals surface area contributed by atoms with Crippen molar-refractivity contribution in [3.8, 4) is 5.75 Å². The van der Waals surface area contributed by atoms with E-state index in [0.29, 0.717) is 18.8 Å². The van der Waals surface area contributed by atoms with E-state index in [9.17, 15) is 19.5 Å². The number of hydrazine groups is 1. The van der Waals surface area contributed by atoms with Crippen molar-refractivity contribution in [3.05, 3.63) is 83.9 Å². The molecule has 2 atom stereocenters. The molecule has 0 saturated carbocycles. The monoisotopic (exact) mass is 531 g/mol. The summed E-state index contributed by atoms with van der Waals surface area (Å²) < 4.78 is 1.85. The number of nitrogens with one attached hydrogen (secondary N) is 1. The zero-order valence-electron chi connectivity index (χ0n) is 22.1. The van der Waals surface area contributed by atoms with Gasteiger partial charge in [-0.3, -0.25) is 9.59 Å². The van der Waals surface area contributed by atoms with Crippen LogP contribution in [0.1, 0.15) is 17.0 Å². The second kappa shape index (κ2) is 11.2. The van der Waals surface area contributed by atoms with Gasteiger partial charge in [-0.25, -0.2) is 19.8 Å². The number of hydrogen-bond acceptors (Lipinski definition) is 6. The Morgan fingerprint density at radius 1 is 1.05 bits per heavy atom. The van der Waals surface area contributed by atoms with E-state index in [1.807, 2.05) is 48.1 Å². The minimum atomic E-state index is -0.811. The number of likely N-dealkylation sites (N-methyl/N-ethyl adjacent to an activating group) is 1. The topological polar surface area (TPSA) is 114 Å². The number of hydrogen-bond donors (Lipinski definition) is 2. The molecule has 11 nitrogen and oxygen atoms in total. The first-order valence-electron chi connectivity index (χ1n) is 13.0. The van der Waals surface area contributed by atoms with Gasteiger partial charge in [0.15, 0.2) is 0 Å². The van der Waals surface area contributed by atoms with E-state index in [4.69, 9.17) is 0 Å². The fourth-order valence-corrected chi connectivity index (χ4v) is 5.26. The number of rotatable bonds is 7. The molecule has 0 aliphatic carbocycles. The maximum absolute atomic E-state index is 13.8. The molecule has 2 fully saturated rings. The molecule has 2 N–H and O–H groups in total. The van der Waals surface area contributed by atoms with E-state index in [2.05, 4.69) is 10.3 Å². The van der Waals surface area contributed by atoms with Crippen molar-refractivity contribution in [2.24, 2.45) is 7.05 Å². The lowest BCUT2D eigenvalue weighted by Gasteiger charge is -2.54. The Morgan fingerprint density at radius 2 is 1.79 bits per heavy atom. The van der Waals surface area contributed by atoms with Crippen molar-refractivity contribution < 1.29 is 19.5 Å². The lowest BCUT2D eigenvalue weighted by Crippen LogP contribution is -2.76. The molecule has 4 amide bonds. The van der Waals surface area contributed by atoms with E-state index >= 15 is 0 Å². The van der Waals surface area contributed by atoms with E-state index in [1.54, 1.807) is 57.3 Å². The molecule has 2 aliphatic rings. The number of nitrogens with zero attached hydrogens (tertiary/aromatic N) is 6. The van der Waals surface area contributed by atoms with Gasteiger partial charge in [-0.1, -0.05) is 42.5 Å². The highest BCUT2D eigenvalue weighted by Gasteiger charge is 2.50. The van der Waals surface area contributed by atoms with Gasteiger partial charge in [0.25, 0.3) is 0 Å². The summed E-state index contributed by atoms with van der Waals surface area (Å²) in [5.41, 5.74) is 1.91. The Bertz CT molecular complexity index is 1330. The highest BCUT2D eigenvalue weighted by atomic mass is 16.3. The summed E-state index contributed by atoms with van der Waals surface area (Å²) in [6.07, 6.45) is 3.73. The van der Waals surface area contributed by atoms with Crippen molar-refractivity contribution in [2.75, 3.05) is 26.7 Å². The number of phenolic OH excluding ortho intramolecular Hbond substituents is 1. The van der Waals surface area contributed by atoms with Crippen LogP contribution in [0, 0.1) is 0 Å². The number of carbonyl (C=O) groups is 3. The average molecular weight is 532 g/mol. The van der Waals surface area contributed by atoms with E-state index in [1.165, 1.54) is 0 Å². The Balaban J connectivity index is 1.41. The van der Waals surface area contributed by atoms with Crippen LogP contribution in [-0.2, 0) is 36.0 Å². The Morgan fingerprint density at radius 3 is 2.49 bits per heavy atom. The maximum Gasteiger partial charge on any atom is 0.333 e. The summed E-state index contributed by atoms with van der Waals surface area (Å²) in [6.45, 7) is 0.808. The number of phenols is 1. The lowest BCUT2D eigenvalue weighted by atomic mass is 9.98. The number of carbonyl (C=O) groups excluding carboxylic acids is 3. The minimum Gasteiger partial charge on any atom is -0.508 e. The molecule has 39 heavy (non-hydrogen) atoms. The third kappa shape index (κ3) is 5.58. The van der Waals surface area contributed by atoms with Crippen molar-refractivity contribution >= 4 is 17.8 Å². The van der Waals surface area contributed by atoms with Crippen molar-refractivity contribution in [1.82, 2.24) is 34.7 Å². The standard InChI is InChI=1S/C28H33N7O4/c1-31-15-14-29-24(31)17-33-18-25-34(23(27(33)38)16-21-8-10-22(36)11-9-21)26(37)19-32(2)35(25)28(39)30-13-12-20-6-4-3-5-7-20/h3-11,14-15,23,25,36H,12-13,16-19H2,1-2H3,(H,30,39)/t23-,25?/m0/s1. The maximum atomic E-state index is 13.8. The molecule has 0 radical (unpaired) electrons. The average Bonchev–Trinajstić information content (AvgIpc) is 3.32. The third-order valence-electron chi connectivity index (χ3n) is 7.30. The largest absolute Gasteiger partial charge is 0.508 e. The number of piperazine rings is 1. The number of benzene rings is 2.